The summed E-state index contributed by atoms with van der Waals surface area (Å²) in [5.41, 5.74) is 2.57. The molecule has 58 heavy (non-hydrogen) atoms. The highest BCUT2D eigenvalue weighted by molar-refractivity contribution is 7.47. The van der Waals surface area contributed by atoms with Gasteiger partial charge in [-0.1, -0.05) is 88.8 Å². The largest absolute Gasteiger partial charge is 0.472 e. The molecule has 1 aromatic heterocycles. The van der Waals surface area contributed by atoms with Crippen molar-refractivity contribution in [2.24, 2.45) is 0 Å². The van der Waals surface area contributed by atoms with E-state index in [0.29, 0.717) is 36.1 Å². The zero-order valence-electron chi connectivity index (χ0n) is 37.2. The molecular weight excluding hydrogens is 757 g/mol. The number of aryl methyl sites for hydroxylation is 2. The molecule has 1 aromatic rings. The highest BCUT2D eigenvalue weighted by Gasteiger charge is 2.36. The van der Waals surface area contributed by atoms with E-state index in [2.05, 4.69) is 64.2 Å². The first-order valence-electron chi connectivity index (χ1n) is 22.2. The van der Waals surface area contributed by atoms with Gasteiger partial charge in [-0.05, 0) is 89.2 Å². The Morgan fingerprint density at radius 1 is 0.724 bits per heavy atom. The molecule has 0 amide bonds. The van der Waals surface area contributed by atoms with Crippen LogP contribution >= 0.6 is 7.82 Å². The van der Waals surface area contributed by atoms with Gasteiger partial charge in [0.15, 0.2) is 6.10 Å². The van der Waals surface area contributed by atoms with Crippen molar-refractivity contribution < 1.29 is 51.2 Å². The second kappa shape index (κ2) is 29.7. The molecule has 1 fully saturated rings. The fourth-order valence-electron chi connectivity index (χ4n) is 6.39. The van der Waals surface area contributed by atoms with E-state index in [0.717, 1.165) is 95.0 Å². The van der Waals surface area contributed by atoms with Crippen molar-refractivity contribution in [3.63, 3.8) is 0 Å². The summed E-state index contributed by atoms with van der Waals surface area (Å²) in [4.78, 5) is 35.5. The second-order valence-electron chi connectivity index (χ2n) is 16.7. The van der Waals surface area contributed by atoms with Gasteiger partial charge in [-0.2, -0.15) is 0 Å². The molecule has 0 aliphatic carbocycles. The number of ether oxygens (including phenoxy) is 3. The first-order valence-corrected chi connectivity index (χ1v) is 23.7. The van der Waals surface area contributed by atoms with Crippen molar-refractivity contribution in [2.75, 3.05) is 47.5 Å². The van der Waals surface area contributed by atoms with Gasteiger partial charge in [0.25, 0.3) is 0 Å². The number of unbranched alkanes of at least 4 members (excludes halogenated alkanes) is 9. The lowest BCUT2D eigenvalue weighted by atomic mass is 10.0. The van der Waals surface area contributed by atoms with E-state index < -0.39 is 32.5 Å². The molecule has 0 spiro atoms. The number of hydrogen-bond acceptors (Lipinski definition) is 9. The van der Waals surface area contributed by atoms with Crippen molar-refractivity contribution >= 4 is 19.8 Å². The number of furan rings is 1. The molecule has 0 aromatic carbocycles. The molecular formula is C46H79NO10P+. The van der Waals surface area contributed by atoms with E-state index in [1.54, 1.807) is 0 Å². The smallest absolute Gasteiger partial charge is 0.466 e. The second-order valence-corrected chi connectivity index (χ2v) is 18.2. The van der Waals surface area contributed by atoms with E-state index >= 15 is 0 Å². The first-order chi connectivity index (χ1) is 27.7. The van der Waals surface area contributed by atoms with Crippen LogP contribution in [0.3, 0.4) is 0 Å². The maximum Gasteiger partial charge on any atom is 0.472 e. The molecule has 2 heterocycles. The summed E-state index contributed by atoms with van der Waals surface area (Å²) in [6.45, 7) is 8.47. The Labute approximate surface area is 351 Å². The minimum absolute atomic E-state index is 0.0106. The van der Waals surface area contributed by atoms with Gasteiger partial charge < -0.3 is 28.0 Å². The molecule has 1 N–H and O–H groups in total. The maximum absolute atomic E-state index is 12.8. The number of nitrogens with zero attached hydrogens (tertiary/aromatic N) is 1. The number of phosphoric ester groups is 1. The highest BCUT2D eigenvalue weighted by Crippen LogP contribution is 2.43. The fraction of sp³-hybridized carbons (Fsp3) is 0.739. The van der Waals surface area contributed by atoms with Gasteiger partial charge in [-0.25, -0.2) is 4.57 Å². The quantitative estimate of drug-likeness (QED) is 0.0176. The number of allylic oxidation sites excluding steroid dienone is 4. The number of phosphoric acid groups is 1. The van der Waals surface area contributed by atoms with E-state index in [-0.39, 0.29) is 26.1 Å². The zero-order valence-corrected chi connectivity index (χ0v) is 38.1. The monoisotopic (exact) mass is 837 g/mol. The van der Waals surface area contributed by atoms with Crippen molar-refractivity contribution in [1.29, 1.82) is 0 Å². The Morgan fingerprint density at radius 2 is 1.33 bits per heavy atom. The van der Waals surface area contributed by atoms with Crippen LogP contribution in [0.5, 0.6) is 0 Å². The predicted molar refractivity (Wildman–Crippen MR) is 232 cm³/mol. The van der Waals surface area contributed by atoms with Crippen LogP contribution in [0.1, 0.15) is 152 Å². The topological polar surface area (TPSA) is 134 Å². The summed E-state index contributed by atoms with van der Waals surface area (Å²) in [7, 11) is 1.41. The van der Waals surface area contributed by atoms with Crippen LogP contribution in [0, 0.1) is 13.8 Å². The van der Waals surface area contributed by atoms with E-state index in [1.807, 2.05) is 21.1 Å². The third-order valence-corrected chi connectivity index (χ3v) is 11.2. The minimum Gasteiger partial charge on any atom is -0.466 e. The summed E-state index contributed by atoms with van der Waals surface area (Å²) in [5.74, 6) is 1.32. The van der Waals surface area contributed by atoms with Gasteiger partial charge >= 0.3 is 19.8 Å². The van der Waals surface area contributed by atoms with E-state index in [1.165, 1.54) is 30.4 Å². The molecule has 0 bridgehead atoms. The van der Waals surface area contributed by atoms with Gasteiger partial charge in [-0.15, -0.1) is 0 Å². The molecule has 1 aliphatic heterocycles. The average Bonchev–Trinajstić information content (AvgIpc) is 3.87. The number of carbonyl (C=O) groups excluding carboxylic acids is 2. The van der Waals surface area contributed by atoms with Crippen LogP contribution in [0.2, 0.25) is 0 Å². The number of esters is 2. The van der Waals surface area contributed by atoms with Gasteiger partial charge in [-0.3, -0.25) is 18.6 Å². The van der Waals surface area contributed by atoms with Crippen molar-refractivity contribution in [3.8, 4) is 0 Å². The van der Waals surface area contributed by atoms with Crippen LogP contribution in [0.4, 0.5) is 0 Å². The molecule has 0 saturated carbocycles. The van der Waals surface area contributed by atoms with Crippen LogP contribution in [-0.2, 0) is 50.3 Å². The van der Waals surface area contributed by atoms with Gasteiger partial charge in [0.05, 0.1) is 40.0 Å². The third kappa shape index (κ3) is 25.2. The number of carbonyl (C=O) groups is 2. The summed E-state index contributed by atoms with van der Waals surface area (Å²) in [6.07, 6.45) is 30.9. The molecule has 12 heteroatoms. The molecule has 4 atom stereocenters. The number of quaternary nitrogens is 1. The Kier molecular flexibility index (Phi) is 26.4. The molecule has 2 rings (SSSR count). The molecule has 1 saturated heterocycles. The Hall–Kier alpha value is -2.53. The standard InChI is InChI=1S/C46H78NO10P/c1-8-10-11-12-18-24-30-43-44(57-43)31-25-20-14-13-15-21-26-32-45(48)52-36-40(37-54-58(50,51)53-35-34-47(5,6)7)55-46(49)33-27-22-17-16-19-23-29-42-39(4)38(3)41(56-42)28-9-2/h13,15,18,20,24-25,40,43-44H,8-12,14,16-17,19,21-23,26-37H2,1-7H3/p+1/b15-13-,24-18-,25-20-/t40-,43?,44?/m1/s1. The average molecular weight is 837 g/mol. The van der Waals surface area contributed by atoms with Crippen molar-refractivity contribution in [2.45, 2.75) is 174 Å². The van der Waals surface area contributed by atoms with E-state index in [4.69, 9.17) is 27.7 Å². The predicted octanol–water partition coefficient (Wildman–Crippen LogP) is 10.8. The lowest BCUT2D eigenvalue weighted by Gasteiger charge is -2.24. The van der Waals surface area contributed by atoms with Gasteiger partial charge in [0, 0.05) is 25.7 Å². The molecule has 11 nitrogen and oxygen atoms in total. The number of epoxide rings is 1. The van der Waals surface area contributed by atoms with Crippen molar-refractivity contribution in [1.82, 2.24) is 0 Å². The van der Waals surface area contributed by atoms with Crippen LogP contribution in [-0.4, -0.2) is 87.1 Å². The van der Waals surface area contributed by atoms with Gasteiger partial charge in [0.2, 0.25) is 0 Å². The lowest BCUT2D eigenvalue weighted by molar-refractivity contribution is -0.870. The van der Waals surface area contributed by atoms with Crippen molar-refractivity contribution in [3.05, 3.63) is 59.1 Å². The lowest BCUT2D eigenvalue weighted by Crippen LogP contribution is -2.37. The first kappa shape index (κ1) is 51.6. The summed E-state index contributed by atoms with van der Waals surface area (Å²) >= 11 is 0. The summed E-state index contributed by atoms with van der Waals surface area (Å²) in [6, 6.07) is 0. The minimum atomic E-state index is -4.41. The Bertz CT molecular complexity index is 1430. The highest BCUT2D eigenvalue weighted by atomic mass is 31.2. The fourth-order valence-corrected chi connectivity index (χ4v) is 7.13. The van der Waals surface area contributed by atoms with Crippen LogP contribution in [0.25, 0.3) is 0 Å². The van der Waals surface area contributed by atoms with Crippen LogP contribution in [0.15, 0.2) is 40.9 Å². The maximum atomic E-state index is 12.8. The van der Waals surface area contributed by atoms with E-state index in [9.17, 15) is 19.0 Å². The molecule has 3 unspecified atom stereocenters. The number of rotatable bonds is 35. The normalized spacial score (nSPS) is 17.4. The Morgan fingerprint density at radius 3 is 2.02 bits per heavy atom. The van der Waals surface area contributed by atoms with Gasteiger partial charge in [0.1, 0.15) is 31.3 Å². The summed E-state index contributed by atoms with van der Waals surface area (Å²) < 4.78 is 46.2. The molecule has 332 valence electrons. The third-order valence-electron chi connectivity index (χ3n) is 10.2. The summed E-state index contributed by atoms with van der Waals surface area (Å²) in [5, 5.41) is 0. The number of hydrogen-bond donors (Lipinski definition) is 1. The zero-order chi connectivity index (χ0) is 42.7. The molecule has 0 radical (unpaired) electrons. The Balaban J connectivity index is 1.66. The molecule has 1 aliphatic rings. The SMILES string of the molecule is CCCCC/C=C\CC1OC1C/C=C\C/C=C\CCCC(=O)OC[C@H](COP(=O)(O)OCC[N+](C)(C)C)OC(=O)CCCCCCCCc1oc(CCC)c(C)c1C. The van der Waals surface area contributed by atoms with Crippen LogP contribution < -0.4 is 0 Å². The number of likely N-dealkylation sites (N-methyl/N-ethyl adjacent to an activating group) is 1.